The van der Waals surface area contributed by atoms with Gasteiger partial charge in [0, 0.05) is 10.0 Å². The minimum Gasteiger partial charge on any atom is -0.489 e. The van der Waals surface area contributed by atoms with E-state index >= 15 is 0 Å². The van der Waals surface area contributed by atoms with E-state index < -0.39 is 0 Å². The Bertz CT molecular complexity index is 731. The molecule has 0 amide bonds. The van der Waals surface area contributed by atoms with Crippen molar-refractivity contribution in [3.05, 3.63) is 64.6 Å². The molecular formula is C14H10BrFN4O. The molecule has 0 saturated heterocycles. The number of ether oxygens (including phenoxy) is 1. The van der Waals surface area contributed by atoms with Crippen molar-refractivity contribution in [2.24, 2.45) is 0 Å². The van der Waals surface area contributed by atoms with Gasteiger partial charge < -0.3 is 4.74 Å². The minimum atomic E-state index is -0.288. The van der Waals surface area contributed by atoms with Crippen molar-refractivity contribution in [1.29, 1.82) is 0 Å². The highest BCUT2D eigenvalue weighted by molar-refractivity contribution is 9.10. The predicted octanol–water partition coefficient (Wildman–Crippen LogP) is 3.14. The highest BCUT2D eigenvalue weighted by atomic mass is 79.9. The Morgan fingerprint density at radius 1 is 1.14 bits per heavy atom. The number of hydrogen-bond acceptors (Lipinski definition) is 4. The van der Waals surface area contributed by atoms with Gasteiger partial charge >= 0.3 is 0 Å². The standard InChI is InChI=1S/C14H10BrFN4O/c15-11-1-6-14(16)10(7-11)8-21-13-4-2-12(3-5-13)20-9-17-18-19-20/h1-7,9H,8H2. The largest absolute Gasteiger partial charge is 0.489 e. The summed E-state index contributed by atoms with van der Waals surface area (Å²) in [5.41, 5.74) is 1.31. The molecule has 5 nitrogen and oxygen atoms in total. The lowest BCUT2D eigenvalue weighted by atomic mass is 10.2. The van der Waals surface area contributed by atoms with Crippen LogP contribution in [0, 0.1) is 5.82 Å². The molecule has 3 rings (SSSR count). The average Bonchev–Trinajstić information content (AvgIpc) is 3.03. The summed E-state index contributed by atoms with van der Waals surface area (Å²) in [6.45, 7) is 0.162. The van der Waals surface area contributed by atoms with E-state index in [1.807, 2.05) is 12.1 Å². The molecule has 1 aromatic heterocycles. The first-order valence-corrected chi connectivity index (χ1v) is 6.92. The Labute approximate surface area is 128 Å². The van der Waals surface area contributed by atoms with E-state index in [2.05, 4.69) is 31.5 Å². The smallest absolute Gasteiger partial charge is 0.143 e. The molecule has 0 aliphatic rings. The molecule has 0 radical (unpaired) electrons. The molecule has 106 valence electrons. The summed E-state index contributed by atoms with van der Waals surface area (Å²) in [6, 6.07) is 12.0. The molecule has 0 spiro atoms. The third-order valence-electron chi connectivity index (χ3n) is 2.85. The van der Waals surface area contributed by atoms with Gasteiger partial charge in [0.2, 0.25) is 0 Å². The van der Waals surface area contributed by atoms with E-state index in [0.29, 0.717) is 11.3 Å². The van der Waals surface area contributed by atoms with Crippen molar-refractivity contribution >= 4 is 15.9 Å². The second kappa shape index (κ2) is 6.01. The lowest BCUT2D eigenvalue weighted by Gasteiger charge is -2.08. The van der Waals surface area contributed by atoms with E-state index in [1.165, 1.54) is 17.1 Å². The first-order chi connectivity index (χ1) is 10.2. The summed E-state index contributed by atoms with van der Waals surface area (Å²) in [7, 11) is 0. The van der Waals surface area contributed by atoms with Crippen LogP contribution in [0.15, 0.2) is 53.3 Å². The molecular weight excluding hydrogens is 339 g/mol. The Morgan fingerprint density at radius 3 is 2.67 bits per heavy atom. The number of rotatable bonds is 4. The van der Waals surface area contributed by atoms with Gasteiger partial charge in [-0.05, 0) is 52.9 Å². The van der Waals surface area contributed by atoms with E-state index in [1.54, 1.807) is 24.3 Å². The summed E-state index contributed by atoms with van der Waals surface area (Å²) < 4.78 is 21.5. The maximum absolute atomic E-state index is 13.6. The molecule has 2 aromatic carbocycles. The zero-order chi connectivity index (χ0) is 14.7. The summed E-state index contributed by atoms with van der Waals surface area (Å²) in [5, 5.41) is 10.9. The molecule has 0 fully saturated rings. The number of nitrogens with zero attached hydrogens (tertiary/aromatic N) is 4. The molecule has 3 aromatic rings. The lowest BCUT2D eigenvalue weighted by molar-refractivity contribution is 0.299. The van der Waals surface area contributed by atoms with Crippen molar-refractivity contribution in [2.75, 3.05) is 0 Å². The third-order valence-corrected chi connectivity index (χ3v) is 3.35. The number of benzene rings is 2. The molecule has 0 aliphatic carbocycles. The van der Waals surface area contributed by atoms with Crippen LogP contribution in [0.4, 0.5) is 4.39 Å². The van der Waals surface area contributed by atoms with Crippen LogP contribution in [0.25, 0.3) is 5.69 Å². The van der Waals surface area contributed by atoms with Crippen LogP contribution in [0.5, 0.6) is 5.75 Å². The van der Waals surface area contributed by atoms with E-state index in [0.717, 1.165) is 10.2 Å². The molecule has 0 N–H and O–H groups in total. The van der Waals surface area contributed by atoms with Crippen molar-refractivity contribution in [1.82, 2.24) is 20.2 Å². The maximum Gasteiger partial charge on any atom is 0.143 e. The van der Waals surface area contributed by atoms with Gasteiger partial charge in [0.15, 0.2) is 0 Å². The molecule has 0 saturated carbocycles. The Balaban J connectivity index is 1.70. The van der Waals surface area contributed by atoms with Gasteiger partial charge in [0.25, 0.3) is 0 Å². The van der Waals surface area contributed by atoms with E-state index in [9.17, 15) is 4.39 Å². The first kappa shape index (κ1) is 13.7. The molecule has 21 heavy (non-hydrogen) atoms. The van der Waals surface area contributed by atoms with Crippen molar-refractivity contribution < 1.29 is 9.13 Å². The van der Waals surface area contributed by atoms with Crippen molar-refractivity contribution in [2.45, 2.75) is 6.61 Å². The second-order valence-corrected chi connectivity index (χ2v) is 5.19. The molecule has 0 atom stereocenters. The monoisotopic (exact) mass is 348 g/mol. The summed E-state index contributed by atoms with van der Waals surface area (Å²) in [6.07, 6.45) is 1.51. The van der Waals surface area contributed by atoms with Gasteiger partial charge in [0.05, 0.1) is 5.69 Å². The fraction of sp³-hybridized carbons (Fsp3) is 0.0714. The van der Waals surface area contributed by atoms with E-state index in [4.69, 9.17) is 4.74 Å². The predicted molar refractivity (Wildman–Crippen MR) is 77.6 cm³/mol. The van der Waals surface area contributed by atoms with E-state index in [-0.39, 0.29) is 12.4 Å². The zero-order valence-electron chi connectivity index (χ0n) is 10.8. The molecule has 7 heteroatoms. The lowest BCUT2D eigenvalue weighted by Crippen LogP contribution is -1.99. The molecule has 0 aliphatic heterocycles. The highest BCUT2D eigenvalue weighted by Gasteiger charge is 2.04. The number of halogens is 2. The van der Waals surface area contributed by atoms with Crippen LogP contribution in [-0.2, 0) is 6.61 Å². The Hall–Kier alpha value is -2.28. The van der Waals surface area contributed by atoms with Crippen LogP contribution in [0.2, 0.25) is 0 Å². The maximum atomic E-state index is 13.6. The van der Waals surface area contributed by atoms with Crippen LogP contribution in [0.1, 0.15) is 5.56 Å². The quantitative estimate of drug-likeness (QED) is 0.726. The van der Waals surface area contributed by atoms with Crippen LogP contribution in [0.3, 0.4) is 0 Å². The van der Waals surface area contributed by atoms with Gasteiger partial charge in [-0.1, -0.05) is 15.9 Å². The molecule has 0 bridgehead atoms. The SMILES string of the molecule is Fc1ccc(Br)cc1COc1ccc(-n2cnnn2)cc1. The fourth-order valence-electron chi connectivity index (χ4n) is 1.79. The summed E-state index contributed by atoms with van der Waals surface area (Å²) in [5.74, 6) is 0.356. The van der Waals surface area contributed by atoms with Crippen LogP contribution >= 0.6 is 15.9 Å². The fourth-order valence-corrected chi connectivity index (χ4v) is 2.20. The van der Waals surface area contributed by atoms with Gasteiger partial charge in [-0.25, -0.2) is 9.07 Å². The molecule has 1 heterocycles. The van der Waals surface area contributed by atoms with Crippen LogP contribution < -0.4 is 4.74 Å². The van der Waals surface area contributed by atoms with Gasteiger partial charge in [-0.2, -0.15) is 0 Å². The number of tetrazole rings is 1. The third kappa shape index (κ3) is 3.25. The number of hydrogen-bond donors (Lipinski definition) is 0. The highest BCUT2D eigenvalue weighted by Crippen LogP contribution is 2.19. The minimum absolute atomic E-state index is 0.162. The van der Waals surface area contributed by atoms with Gasteiger partial charge in [-0.15, -0.1) is 5.10 Å². The van der Waals surface area contributed by atoms with Crippen molar-refractivity contribution in [3.63, 3.8) is 0 Å². The van der Waals surface area contributed by atoms with Gasteiger partial charge in [-0.3, -0.25) is 0 Å². The molecule has 0 unspecified atom stereocenters. The Morgan fingerprint density at radius 2 is 1.95 bits per heavy atom. The Kier molecular flexibility index (Phi) is 3.92. The topological polar surface area (TPSA) is 52.8 Å². The summed E-state index contributed by atoms with van der Waals surface area (Å²) in [4.78, 5) is 0. The summed E-state index contributed by atoms with van der Waals surface area (Å²) >= 11 is 3.31. The van der Waals surface area contributed by atoms with Crippen LogP contribution in [-0.4, -0.2) is 20.2 Å². The van der Waals surface area contributed by atoms with Gasteiger partial charge in [0.1, 0.15) is 24.5 Å². The average molecular weight is 349 g/mol. The number of aromatic nitrogens is 4. The van der Waals surface area contributed by atoms with Crippen molar-refractivity contribution in [3.8, 4) is 11.4 Å². The first-order valence-electron chi connectivity index (χ1n) is 6.12. The second-order valence-electron chi connectivity index (χ2n) is 4.27. The zero-order valence-corrected chi connectivity index (χ0v) is 12.4. The normalized spacial score (nSPS) is 10.6.